The summed E-state index contributed by atoms with van der Waals surface area (Å²) < 4.78 is 44.1. The first-order valence-corrected chi connectivity index (χ1v) is 7.03. The Morgan fingerprint density at radius 2 is 2.10 bits per heavy atom. The van der Waals surface area contributed by atoms with Crippen LogP contribution in [-0.2, 0) is 10.9 Å². The van der Waals surface area contributed by atoms with E-state index < -0.39 is 12.0 Å². The molecular weight excluding hydrogens is 285 g/mol. The quantitative estimate of drug-likeness (QED) is 0.926. The minimum atomic E-state index is -4.55. The number of aromatic nitrogens is 2. The smallest absolute Gasteiger partial charge is 0.380 e. The number of nitrogens with one attached hydrogen (secondary N) is 1. The van der Waals surface area contributed by atoms with Crippen LogP contribution in [0.2, 0.25) is 0 Å². The molecule has 8 heteroatoms. The van der Waals surface area contributed by atoms with Crippen molar-refractivity contribution >= 4 is 11.6 Å². The fourth-order valence-electron chi connectivity index (χ4n) is 2.04. The van der Waals surface area contributed by atoms with Gasteiger partial charge in [0.2, 0.25) is 5.82 Å². The molecule has 21 heavy (non-hydrogen) atoms. The molecule has 0 spiro atoms. The summed E-state index contributed by atoms with van der Waals surface area (Å²) in [5.41, 5.74) is 0. The summed E-state index contributed by atoms with van der Waals surface area (Å²) >= 11 is 0. The van der Waals surface area contributed by atoms with E-state index in [-0.39, 0.29) is 5.82 Å². The standard InChI is InChI=1S/C13H19F3N4O/c1-2-4-17-10-9-11(19-12(18-10)13(14,15)16)20-5-3-7-21-8-6-20/h9H,2-8H2,1H3,(H,17,18,19). The van der Waals surface area contributed by atoms with Crippen molar-refractivity contribution in [2.24, 2.45) is 0 Å². The van der Waals surface area contributed by atoms with Crippen LogP contribution < -0.4 is 10.2 Å². The van der Waals surface area contributed by atoms with Gasteiger partial charge in [-0.15, -0.1) is 0 Å². The zero-order chi connectivity index (χ0) is 15.3. The SMILES string of the molecule is CCCNc1cc(N2CCCOCC2)nc(C(F)(F)F)n1. The van der Waals surface area contributed by atoms with E-state index in [1.807, 2.05) is 6.92 Å². The molecule has 1 aromatic rings. The number of nitrogens with zero attached hydrogens (tertiary/aromatic N) is 3. The van der Waals surface area contributed by atoms with E-state index in [9.17, 15) is 13.2 Å². The monoisotopic (exact) mass is 304 g/mol. The molecule has 0 aromatic carbocycles. The van der Waals surface area contributed by atoms with Gasteiger partial charge in [0.05, 0.1) is 6.61 Å². The van der Waals surface area contributed by atoms with Crippen LogP contribution in [0.1, 0.15) is 25.6 Å². The summed E-state index contributed by atoms with van der Waals surface area (Å²) in [5.74, 6) is -0.607. The molecule has 1 aromatic heterocycles. The third kappa shape index (κ3) is 4.45. The van der Waals surface area contributed by atoms with E-state index in [4.69, 9.17) is 4.74 Å². The fraction of sp³-hybridized carbons (Fsp3) is 0.692. The van der Waals surface area contributed by atoms with Crippen LogP contribution in [0.15, 0.2) is 6.07 Å². The lowest BCUT2D eigenvalue weighted by atomic mass is 10.3. The first kappa shape index (κ1) is 15.8. The van der Waals surface area contributed by atoms with Gasteiger partial charge in [-0.3, -0.25) is 0 Å². The van der Waals surface area contributed by atoms with Crippen molar-refractivity contribution in [2.45, 2.75) is 25.9 Å². The minimum absolute atomic E-state index is 0.208. The fourth-order valence-corrected chi connectivity index (χ4v) is 2.04. The summed E-state index contributed by atoms with van der Waals surface area (Å²) in [7, 11) is 0. The molecular formula is C13H19F3N4O. The van der Waals surface area contributed by atoms with E-state index in [0.717, 1.165) is 12.8 Å². The van der Waals surface area contributed by atoms with Gasteiger partial charge in [-0.2, -0.15) is 13.2 Å². The van der Waals surface area contributed by atoms with E-state index in [1.54, 1.807) is 11.0 Å². The number of anilines is 2. The van der Waals surface area contributed by atoms with Crippen LogP contribution in [0.4, 0.5) is 24.8 Å². The molecule has 5 nitrogen and oxygen atoms in total. The van der Waals surface area contributed by atoms with E-state index in [2.05, 4.69) is 15.3 Å². The second-order valence-corrected chi connectivity index (χ2v) is 4.81. The molecule has 1 N–H and O–H groups in total. The van der Waals surface area contributed by atoms with Crippen LogP contribution >= 0.6 is 0 Å². The van der Waals surface area contributed by atoms with Gasteiger partial charge < -0.3 is 15.0 Å². The van der Waals surface area contributed by atoms with Crippen LogP contribution in [-0.4, -0.2) is 42.8 Å². The summed E-state index contributed by atoms with van der Waals surface area (Å²) in [6.45, 7) is 4.77. The maximum Gasteiger partial charge on any atom is 0.451 e. The van der Waals surface area contributed by atoms with Crippen molar-refractivity contribution in [2.75, 3.05) is 43.1 Å². The Balaban J connectivity index is 2.29. The Kier molecular flexibility index (Phi) is 5.22. The van der Waals surface area contributed by atoms with Crippen LogP contribution in [0.25, 0.3) is 0 Å². The third-order valence-electron chi connectivity index (χ3n) is 3.07. The molecule has 0 atom stereocenters. The molecule has 0 aliphatic carbocycles. The van der Waals surface area contributed by atoms with Crippen LogP contribution in [0.5, 0.6) is 0 Å². The maximum absolute atomic E-state index is 12.9. The second-order valence-electron chi connectivity index (χ2n) is 4.81. The van der Waals surface area contributed by atoms with Gasteiger partial charge >= 0.3 is 6.18 Å². The zero-order valence-corrected chi connectivity index (χ0v) is 11.9. The molecule has 1 fully saturated rings. The Bertz CT molecular complexity index is 459. The molecule has 118 valence electrons. The van der Waals surface area contributed by atoms with Crippen molar-refractivity contribution < 1.29 is 17.9 Å². The zero-order valence-electron chi connectivity index (χ0n) is 11.9. The lowest BCUT2D eigenvalue weighted by Gasteiger charge is -2.22. The normalized spacial score (nSPS) is 16.7. The van der Waals surface area contributed by atoms with Crippen molar-refractivity contribution in [3.05, 3.63) is 11.9 Å². The Labute approximate surface area is 121 Å². The minimum Gasteiger partial charge on any atom is -0.380 e. The largest absolute Gasteiger partial charge is 0.451 e. The Morgan fingerprint density at radius 3 is 2.81 bits per heavy atom. The Hall–Kier alpha value is -1.57. The highest BCUT2D eigenvalue weighted by Crippen LogP contribution is 2.29. The number of alkyl halides is 3. The van der Waals surface area contributed by atoms with Crippen LogP contribution in [0.3, 0.4) is 0 Å². The summed E-state index contributed by atoms with van der Waals surface area (Å²) in [5, 5.41) is 2.89. The molecule has 2 heterocycles. The maximum atomic E-state index is 12.9. The van der Waals surface area contributed by atoms with Crippen molar-refractivity contribution in [3.63, 3.8) is 0 Å². The first-order valence-electron chi connectivity index (χ1n) is 7.03. The molecule has 1 saturated heterocycles. The highest BCUT2D eigenvalue weighted by molar-refractivity contribution is 5.49. The van der Waals surface area contributed by atoms with Gasteiger partial charge in [-0.25, -0.2) is 9.97 Å². The van der Waals surface area contributed by atoms with Crippen molar-refractivity contribution in [1.82, 2.24) is 9.97 Å². The Morgan fingerprint density at radius 1 is 1.29 bits per heavy atom. The summed E-state index contributed by atoms with van der Waals surface area (Å²) in [4.78, 5) is 9.03. The number of rotatable bonds is 4. The van der Waals surface area contributed by atoms with Gasteiger partial charge in [0.1, 0.15) is 11.6 Å². The highest BCUT2D eigenvalue weighted by atomic mass is 19.4. The molecule has 0 unspecified atom stereocenters. The average Bonchev–Trinajstić information content (AvgIpc) is 2.73. The highest BCUT2D eigenvalue weighted by Gasteiger charge is 2.36. The molecule has 0 bridgehead atoms. The lowest BCUT2D eigenvalue weighted by molar-refractivity contribution is -0.144. The van der Waals surface area contributed by atoms with Gasteiger partial charge in [-0.05, 0) is 12.8 Å². The number of ether oxygens (including phenoxy) is 1. The number of hydrogen-bond acceptors (Lipinski definition) is 5. The second kappa shape index (κ2) is 6.93. The lowest BCUT2D eigenvalue weighted by Crippen LogP contribution is -2.28. The van der Waals surface area contributed by atoms with E-state index >= 15 is 0 Å². The van der Waals surface area contributed by atoms with Gasteiger partial charge in [0.25, 0.3) is 0 Å². The topological polar surface area (TPSA) is 50.3 Å². The molecule has 1 aliphatic heterocycles. The number of hydrogen-bond donors (Lipinski definition) is 1. The molecule has 2 rings (SSSR count). The predicted octanol–water partition coefficient (Wildman–Crippen LogP) is 2.54. The predicted molar refractivity (Wildman–Crippen MR) is 73.5 cm³/mol. The van der Waals surface area contributed by atoms with Gasteiger partial charge in [0.15, 0.2) is 0 Å². The summed E-state index contributed by atoms with van der Waals surface area (Å²) in [6.07, 6.45) is -2.98. The summed E-state index contributed by atoms with van der Waals surface area (Å²) in [6, 6.07) is 1.57. The van der Waals surface area contributed by atoms with Gasteiger partial charge in [-0.1, -0.05) is 6.92 Å². The molecule has 0 saturated carbocycles. The molecule has 0 radical (unpaired) electrons. The van der Waals surface area contributed by atoms with E-state index in [1.165, 1.54) is 0 Å². The average molecular weight is 304 g/mol. The van der Waals surface area contributed by atoms with Crippen LogP contribution in [0, 0.1) is 0 Å². The molecule has 1 aliphatic rings. The molecule has 0 amide bonds. The van der Waals surface area contributed by atoms with E-state index in [0.29, 0.717) is 38.7 Å². The van der Waals surface area contributed by atoms with Crippen molar-refractivity contribution in [1.29, 1.82) is 0 Å². The van der Waals surface area contributed by atoms with Crippen molar-refractivity contribution in [3.8, 4) is 0 Å². The first-order chi connectivity index (χ1) is 10.0. The third-order valence-corrected chi connectivity index (χ3v) is 3.07. The van der Waals surface area contributed by atoms with Gasteiger partial charge in [0, 0.05) is 32.3 Å². The number of halogens is 3.